The molecule has 3 aromatic carbocycles. The maximum absolute atomic E-state index is 15.7. The second-order valence-corrected chi connectivity index (χ2v) is 35.6. The molecule has 3 fully saturated rings. The number of primary amides is 2. The largest absolute Gasteiger partial charge is 0.416 e. The van der Waals surface area contributed by atoms with Gasteiger partial charge >= 0.3 is 6.18 Å². The molecule has 0 bridgehead atoms. The number of aromatic nitrogens is 2. The van der Waals surface area contributed by atoms with Gasteiger partial charge in [-0.2, -0.15) is 13.2 Å². The third-order valence-electron chi connectivity index (χ3n) is 24.1. The third-order valence-corrected chi connectivity index (χ3v) is 25.1. The zero-order valence-corrected chi connectivity index (χ0v) is 77.6. The number of nitrogens with zero attached hydrogens (tertiary/aromatic N) is 5. The predicted octanol–water partition coefficient (Wildman–Crippen LogP) is -2.83. The Hall–Kier alpha value is -12.5. The van der Waals surface area contributed by atoms with Crippen LogP contribution in [0.4, 0.5) is 13.2 Å². The summed E-state index contributed by atoms with van der Waals surface area (Å²) < 4.78 is 42.8. The lowest BCUT2D eigenvalue weighted by atomic mass is 10.00. The number of aromatic amines is 2. The Kier molecular flexibility index (Phi) is 40.5. The molecule has 135 heavy (non-hydrogen) atoms. The van der Waals surface area contributed by atoms with Crippen LogP contribution in [0, 0.1) is 11.3 Å². The Morgan fingerprint density at radius 1 is 0.585 bits per heavy atom. The van der Waals surface area contributed by atoms with E-state index in [1.807, 2.05) is 13.8 Å². The van der Waals surface area contributed by atoms with Crippen molar-refractivity contribution in [3.63, 3.8) is 0 Å². The molecule has 16 atom stereocenters. The normalized spacial score (nSPS) is 25.5. The summed E-state index contributed by atoms with van der Waals surface area (Å²) in [5.41, 5.74) is 23.8. The molecule has 5 aromatic rings. The fourth-order valence-corrected chi connectivity index (χ4v) is 17.5. The van der Waals surface area contributed by atoms with Crippen molar-refractivity contribution in [2.24, 2.45) is 28.9 Å². The maximum atomic E-state index is 15.7. The van der Waals surface area contributed by atoms with E-state index >= 15 is 28.8 Å². The highest BCUT2D eigenvalue weighted by atomic mass is 32.2. The fraction of sp³-hybridized carbons (Fsp3) is 0.562. The second-order valence-electron chi connectivity index (χ2n) is 34.6. The lowest BCUT2D eigenvalue weighted by Gasteiger charge is -2.36. The number of rotatable bonds is 25. The minimum Gasteiger partial charge on any atom is -0.394 e. The number of nitrogens with two attached hydrogens (primary N) is 4. The molecule has 46 heteroatoms. The number of benzene rings is 3. The van der Waals surface area contributed by atoms with Gasteiger partial charge in [0.25, 0.3) is 0 Å². The molecule has 2 aromatic heterocycles. The van der Waals surface area contributed by atoms with E-state index in [2.05, 4.69) is 68.5 Å². The van der Waals surface area contributed by atoms with Gasteiger partial charge in [-0.25, -0.2) is 0 Å². The first kappa shape index (κ1) is 108. The molecule has 3 unspecified atom stereocenters. The molecule has 0 aliphatic carbocycles. The minimum atomic E-state index is -4.90. The predicted molar refractivity (Wildman–Crippen MR) is 491 cm³/mol. The number of para-hydroxylation sites is 2. The Labute approximate surface area is 782 Å². The average molecular weight is 1910 g/mol. The number of alkyl halides is 3. The van der Waals surface area contributed by atoms with Gasteiger partial charge in [-0.1, -0.05) is 108 Å². The summed E-state index contributed by atoms with van der Waals surface area (Å²) in [5, 5.41) is 72.7. The summed E-state index contributed by atoms with van der Waals surface area (Å²) >= 11 is 0.649. The Bertz CT molecular complexity index is 5040. The first-order valence-electron chi connectivity index (χ1n) is 45.0. The van der Waals surface area contributed by atoms with Crippen LogP contribution < -0.4 is 81.4 Å². The number of fused-ring (bicyclic) bond motifs is 4. The van der Waals surface area contributed by atoms with Gasteiger partial charge in [-0.15, -0.1) is 11.8 Å². The SMILES string of the molecule is CCCC[C@H]1C(=O)N(C)[C@@H](CCCC)C(=O)N[C@@H](CCCNC(=N)N)C(=O)N[C@H](C(=O)NCC(N)=O)CSCC(=O)N[C@@H](Cc2cccc(C(F)(F)F)c2)C(=O)N(C)[C@@H](C)C(=O)NC(CC(N)=O)C(=O)N2CCC[C@H]2C(=O)N[C@@H](CN)C(=O)N[C@@H](CC(C)C)C(=O)N2C[C@H](O)CC2C(O)N[C@@H](Cc2c[nH]c3ccccc23)C(=O)N[C@@H](CO)C(=O)N[C@@H](Cc2c[nH]c3ccccc23)C(=O)N1C. The Morgan fingerprint density at radius 3 is 1.73 bits per heavy atom. The molecule has 3 aliphatic heterocycles. The van der Waals surface area contributed by atoms with E-state index in [-0.39, 0.29) is 88.8 Å². The zero-order valence-electron chi connectivity index (χ0n) is 76.8. The fourth-order valence-electron chi connectivity index (χ4n) is 16.6. The number of hydrogen-bond donors (Lipinski definition) is 21. The summed E-state index contributed by atoms with van der Waals surface area (Å²) in [4.78, 5) is 245. The number of H-pyrrole nitrogens is 2. The zero-order chi connectivity index (χ0) is 99.4. The summed E-state index contributed by atoms with van der Waals surface area (Å²) in [6, 6.07) is -4.68. The van der Waals surface area contributed by atoms with Crippen molar-refractivity contribution >= 4 is 134 Å². The van der Waals surface area contributed by atoms with Gasteiger partial charge in [-0.05, 0) is 106 Å². The first-order chi connectivity index (χ1) is 64.0. The van der Waals surface area contributed by atoms with Crippen LogP contribution in [-0.4, -0.2) is 319 Å². The van der Waals surface area contributed by atoms with Crippen LogP contribution in [0.25, 0.3) is 21.8 Å². The van der Waals surface area contributed by atoms with E-state index in [1.54, 1.807) is 74.8 Å². The number of thioether (sulfide) groups is 1. The van der Waals surface area contributed by atoms with Gasteiger partial charge in [0.1, 0.15) is 78.7 Å². The number of likely N-dealkylation sites (N-methyl/N-ethyl adjacent to an activating group) is 3. The number of unbranched alkanes of at least 4 members (excludes halogenated alkanes) is 2. The number of halogens is 3. The molecule has 5 heterocycles. The van der Waals surface area contributed by atoms with Crippen molar-refractivity contribution in [3.8, 4) is 0 Å². The highest BCUT2D eigenvalue weighted by Gasteiger charge is 2.47. The molecule has 0 saturated carbocycles. The van der Waals surface area contributed by atoms with Crippen molar-refractivity contribution in [3.05, 3.63) is 107 Å². The van der Waals surface area contributed by atoms with Gasteiger partial charge in [0.05, 0.1) is 49.1 Å². The van der Waals surface area contributed by atoms with Gasteiger partial charge in [0.15, 0.2) is 5.96 Å². The number of nitrogens with one attached hydrogen (secondary N) is 14. The van der Waals surface area contributed by atoms with Crippen LogP contribution in [0.2, 0.25) is 0 Å². The van der Waals surface area contributed by atoms with Crippen LogP contribution in [0.5, 0.6) is 0 Å². The molecule has 42 nitrogen and oxygen atoms in total. The van der Waals surface area contributed by atoms with Crippen LogP contribution in [-0.2, 0) is 102 Å². The molecular weight excluding hydrogens is 1780 g/mol. The molecule has 3 aliphatic rings. The molecule has 740 valence electrons. The monoisotopic (exact) mass is 1910 g/mol. The van der Waals surface area contributed by atoms with E-state index < -0.39 is 260 Å². The molecular formula is C89H128F3N23O19S. The first-order valence-corrected chi connectivity index (χ1v) is 46.2. The van der Waals surface area contributed by atoms with Gasteiger partial charge < -0.3 is 126 Å². The smallest absolute Gasteiger partial charge is 0.394 e. The van der Waals surface area contributed by atoms with Crippen molar-refractivity contribution in [2.75, 3.05) is 72.0 Å². The minimum absolute atomic E-state index is 0.00841. The number of aliphatic hydroxyl groups is 3. The Balaban J connectivity index is 1.20. The number of aliphatic hydroxyl groups excluding tert-OH is 3. The third kappa shape index (κ3) is 30.2. The average Bonchev–Trinajstić information content (AvgIpc) is 1.75. The molecule has 3 saturated heterocycles. The van der Waals surface area contributed by atoms with Crippen LogP contribution >= 0.6 is 11.8 Å². The summed E-state index contributed by atoms with van der Waals surface area (Å²) in [5.74, 6) is -18.2. The van der Waals surface area contributed by atoms with Crippen LogP contribution in [0.15, 0.2) is 85.2 Å². The van der Waals surface area contributed by atoms with Crippen molar-refractivity contribution in [2.45, 2.75) is 240 Å². The summed E-state index contributed by atoms with van der Waals surface area (Å²) in [7, 11) is 3.72. The standard InChI is InChI=1S/C89H128F3N23O19S/c1-9-11-27-67-80(127)103-58(26-18-30-98-88(96)97)76(123)110-66(75(122)101-42-72(95)119)45-135-46-73(120)102-61(34-49-20-17-21-52(33-49)89(90,91)92)83(130)111(6)48(5)74(121)105-63(38-71(94)118)85(132)114-31-19-29-68(114)81(128)108-64(39-93)78(125)106-60(32-47(3)4)86(133)115-43-53(117)37-70(115)82(129)104-59(35-50-40-99-56-24-15-13-22-54(50)56)77(124)109-65(44-116)79(126)107-62(36-51-41-100-57-25-16-14-23-55(51)57)84(131)113(8)69(28-12-10-2)87(134)112(67)7/h13-17,20-25,33,40-41,47-48,53,58-70,82,99-100,104,116-117,129H,9-12,18-19,26-32,34-39,42-46,93H2,1-8H3,(H2,94,118)(H2,95,119)(H,101,122)(H,102,120)(H,103,127)(H,105,121)(H,106,125)(H,107,126)(H,108,128)(H,109,124)(H,110,123)(H4,96,97,98)/t48-,53+,58-,59-,60-,61-,62-,63?,64-,65-,66-,67-,68-,69-,70?,82?/m0/s1. The highest BCUT2D eigenvalue weighted by Crippen LogP contribution is 2.32. The summed E-state index contributed by atoms with van der Waals surface area (Å²) in [6.07, 6.45) is -6.17. The van der Waals surface area contributed by atoms with Gasteiger partial charge in [0.2, 0.25) is 94.5 Å². The number of amides is 16. The van der Waals surface area contributed by atoms with E-state index in [0.717, 1.165) is 43.7 Å². The van der Waals surface area contributed by atoms with E-state index in [9.17, 15) is 76.4 Å². The van der Waals surface area contributed by atoms with Crippen molar-refractivity contribution in [1.82, 2.24) is 93.0 Å². The quantitative estimate of drug-likeness (QED) is 0.0159. The molecule has 0 spiro atoms. The topological polar surface area (TPSA) is 642 Å². The number of carbonyl (C=O) groups is 16. The summed E-state index contributed by atoms with van der Waals surface area (Å²) in [6.45, 7) is 5.11. The second kappa shape index (κ2) is 50.7. The number of carbonyl (C=O) groups excluding carboxylic acids is 16. The number of guanidine groups is 1. The van der Waals surface area contributed by atoms with Crippen molar-refractivity contribution < 1.29 is 105 Å². The van der Waals surface area contributed by atoms with Crippen LogP contribution in [0.1, 0.15) is 140 Å². The van der Waals surface area contributed by atoms with Crippen LogP contribution in [0.3, 0.4) is 0 Å². The molecule has 16 amide bonds. The number of hydrogen-bond acceptors (Lipinski definition) is 23. The van der Waals surface area contributed by atoms with E-state index in [0.29, 0.717) is 76.4 Å². The van der Waals surface area contributed by atoms with E-state index in [4.69, 9.17) is 28.3 Å². The lowest BCUT2D eigenvalue weighted by molar-refractivity contribution is -0.149. The lowest BCUT2D eigenvalue weighted by Crippen LogP contribution is -2.62. The molecule has 8 rings (SSSR count). The Morgan fingerprint density at radius 2 is 1.13 bits per heavy atom. The van der Waals surface area contributed by atoms with Gasteiger partial charge in [0, 0.05) is 100 Å². The highest BCUT2D eigenvalue weighted by molar-refractivity contribution is 8.00. The van der Waals surface area contributed by atoms with Gasteiger partial charge in [-0.3, -0.25) is 87.4 Å². The maximum Gasteiger partial charge on any atom is 0.416 e. The molecule has 25 N–H and O–H groups in total. The molecule has 0 radical (unpaired) electrons. The van der Waals surface area contributed by atoms with E-state index in [1.165, 1.54) is 27.1 Å². The van der Waals surface area contributed by atoms with Crippen molar-refractivity contribution in [1.29, 1.82) is 5.41 Å².